The molecule has 0 atom stereocenters. The summed E-state index contributed by atoms with van der Waals surface area (Å²) in [5.74, 6) is -0.287. The number of carbonyl (C=O) groups excluding carboxylic acids is 1. The molecule has 0 spiro atoms. The van der Waals surface area contributed by atoms with E-state index in [0.717, 1.165) is 30.9 Å². The molecule has 166 valence electrons. The van der Waals surface area contributed by atoms with Crippen molar-refractivity contribution in [2.24, 2.45) is 0 Å². The number of nitrogens with one attached hydrogen (secondary N) is 2. The molecule has 1 saturated heterocycles. The average molecular weight is 441 g/mol. The fraction of sp³-hybridized carbons (Fsp3) is 0.192. The van der Waals surface area contributed by atoms with Gasteiger partial charge in [-0.1, -0.05) is 42.5 Å². The lowest BCUT2D eigenvalue weighted by molar-refractivity contribution is -0.384. The SMILES string of the molecule is O=C1Nc2ccc([N+](=O)[O-])cc2C1=C(Nc1cccc(CN2CCCC2)c1)c1ccccc1. The van der Waals surface area contributed by atoms with Gasteiger partial charge in [-0.25, -0.2) is 0 Å². The van der Waals surface area contributed by atoms with E-state index in [-0.39, 0.29) is 11.6 Å². The van der Waals surface area contributed by atoms with Crippen molar-refractivity contribution in [3.05, 3.63) is 99.6 Å². The van der Waals surface area contributed by atoms with Crippen molar-refractivity contribution in [1.82, 2.24) is 4.90 Å². The second-order valence-electron chi connectivity index (χ2n) is 8.37. The molecule has 5 rings (SSSR count). The molecular weight excluding hydrogens is 416 g/mol. The van der Waals surface area contributed by atoms with Crippen molar-refractivity contribution in [2.75, 3.05) is 23.7 Å². The lowest BCUT2D eigenvalue weighted by Crippen LogP contribution is -2.18. The highest BCUT2D eigenvalue weighted by molar-refractivity contribution is 6.37. The largest absolute Gasteiger partial charge is 0.354 e. The second kappa shape index (κ2) is 8.88. The van der Waals surface area contributed by atoms with Gasteiger partial charge in [-0.15, -0.1) is 0 Å². The number of nitrogens with zero attached hydrogens (tertiary/aromatic N) is 2. The van der Waals surface area contributed by atoms with Crippen LogP contribution in [0.2, 0.25) is 0 Å². The van der Waals surface area contributed by atoms with E-state index >= 15 is 0 Å². The number of fused-ring (bicyclic) bond motifs is 1. The molecular formula is C26H24N4O3. The Labute approximate surface area is 191 Å². The number of non-ortho nitro benzene ring substituents is 1. The zero-order valence-electron chi connectivity index (χ0n) is 18.1. The highest BCUT2D eigenvalue weighted by atomic mass is 16.6. The van der Waals surface area contributed by atoms with Crippen molar-refractivity contribution < 1.29 is 9.72 Å². The molecule has 0 bridgehead atoms. The predicted octanol–water partition coefficient (Wildman–Crippen LogP) is 5.12. The van der Waals surface area contributed by atoms with Crippen molar-refractivity contribution >= 4 is 34.2 Å². The van der Waals surface area contributed by atoms with E-state index in [1.165, 1.54) is 30.5 Å². The van der Waals surface area contributed by atoms with Crippen LogP contribution in [0.15, 0.2) is 72.8 Å². The van der Waals surface area contributed by atoms with Crippen LogP contribution in [-0.4, -0.2) is 28.8 Å². The molecule has 1 amide bonds. The van der Waals surface area contributed by atoms with Crippen LogP contribution in [0.4, 0.5) is 17.1 Å². The molecule has 0 radical (unpaired) electrons. The topological polar surface area (TPSA) is 87.5 Å². The Bertz CT molecular complexity index is 1250. The molecule has 3 aromatic rings. The first-order valence-corrected chi connectivity index (χ1v) is 11.1. The van der Waals surface area contributed by atoms with Gasteiger partial charge in [0.05, 0.1) is 16.2 Å². The minimum absolute atomic E-state index is 0.0530. The third-order valence-electron chi connectivity index (χ3n) is 6.07. The Hall–Kier alpha value is -3.97. The first-order chi connectivity index (χ1) is 16.1. The monoisotopic (exact) mass is 440 g/mol. The maximum absolute atomic E-state index is 13.0. The maximum atomic E-state index is 13.0. The highest BCUT2D eigenvalue weighted by Gasteiger charge is 2.30. The number of hydrogen-bond acceptors (Lipinski definition) is 5. The van der Waals surface area contributed by atoms with Gasteiger partial charge < -0.3 is 10.6 Å². The lowest BCUT2D eigenvalue weighted by atomic mass is 9.99. The molecule has 0 aromatic heterocycles. The molecule has 2 aliphatic rings. The highest BCUT2D eigenvalue weighted by Crippen LogP contribution is 2.39. The molecule has 33 heavy (non-hydrogen) atoms. The number of likely N-dealkylation sites (tertiary alicyclic amines) is 1. The Kier molecular flexibility index (Phi) is 5.62. The van der Waals surface area contributed by atoms with E-state index in [9.17, 15) is 14.9 Å². The summed E-state index contributed by atoms with van der Waals surface area (Å²) in [4.78, 5) is 26.4. The number of amides is 1. The van der Waals surface area contributed by atoms with Crippen molar-refractivity contribution in [3.63, 3.8) is 0 Å². The summed E-state index contributed by atoms with van der Waals surface area (Å²) in [7, 11) is 0. The number of rotatable bonds is 6. The second-order valence-corrected chi connectivity index (χ2v) is 8.37. The normalized spacial score (nSPS) is 16.9. The van der Waals surface area contributed by atoms with Crippen molar-refractivity contribution in [2.45, 2.75) is 19.4 Å². The number of anilines is 2. The summed E-state index contributed by atoms with van der Waals surface area (Å²) in [6.45, 7) is 3.13. The van der Waals surface area contributed by atoms with Crippen LogP contribution in [0.3, 0.4) is 0 Å². The van der Waals surface area contributed by atoms with E-state index in [4.69, 9.17) is 0 Å². The molecule has 2 N–H and O–H groups in total. The molecule has 0 saturated carbocycles. The predicted molar refractivity (Wildman–Crippen MR) is 130 cm³/mol. The number of benzene rings is 3. The number of hydrogen-bond donors (Lipinski definition) is 2. The van der Waals surface area contributed by atoms with E-state index < -0.39 is 4.92 Å². The van der Waals surface area contributed by atoms with E-state index in [0.29, 0.717) is 22.5 Å². The summed E-state index contributed by atoms with van der Waals surface area (Å²) in [5.41, 5.74) is 4.94. The Morgan fingerprint density at radius 1 is 1.00 bits per heavy atom. The third kappa shape index (κ3) is 4.36. The molecule has 0 aliphatic carbocycles. The average Bonchev–Trinajstić information content (AvgIpc) is 3.44. The van der Waals surface area contributed by atoms with Crippen LogP contribution in [0, 0.1) is 10.1 Å². The van der Waals surface area contributed by atoms with E-state index in [1.807, 2.05) is 42.5 Å². The first kappa shape index (κ1) is 20.9. The summed E-state index contributed by atoms with van der Waals surface area (Å²) in [6.07, 6.45) is 2.48. The molecule has 1 fully saturated rings. The number of nitro groups is 1. The quantitative estimate of drug-likeness (QED) is 0.315. The fourth-order valence-electron chi connectivity index (χ4n) is 4.49. The summed E-state index contributed by atoms with van der Waals surface area (Å²) < 4.78 is 0. The third-order valence-corrected chi connectivity index (χ3v) is 6.07. The van der Waals surface area contributed by atoms with Gasteiger partial charge in [0.1, 0.15) is 0 Å². The summed E-state index contributed by atoms with van der Waals surface area (Å²) >= 11 is 0. The van der Waals surface area contributed by atoms with Crippen molar-refractivity contribution in [3.8, 4) is 0 Å². The lowest BCUT2D eigenvalue weighted by Gasteiger charge is -2.17. The standard InChI is InChI=1S/C26H24N4O3/c31-26-24(22-16-21(30(32)33)11-12-23(22)28-26)25(19-8-2-1-3-9-19)27-20-10-6-7-18(15-20)17-29-13-4-5-14-29/h1-3,6-12,15-16,27H,4-5,13-14,17H2,(H,28,31). The molecule has 2 aliphatic heterocycles. The van der Waals surface area contributed by atoms with Gasteiger partial charge in [0.25, 0.3) is 11.6 Å². The molecule has 3 aromatic carbocycles. The number of nitro benzene ring substituents is 1. The fourth-order valence-corrected chi connectivity index (χ4v) is 4.49. The van der Waals surface area contributed by atoms with Gasteiger partial charge in [-0.2, -0.15) is 0 Å². The van der Waals surface area contributed by atoms with Crippen LogP contribution in [0.1, 0.15) is 29.5 Å². The van der Waals surface area contributed by atoms with Gasteiger partial charge in [0.15, 0.2) is 0 Å². The zero-order valence-corrected chi connectivity index (χ0v) is 18.1. The maximum Gasteiger partial charge on any atom is 0.270 e. The Morgan fingerprint density at radius 3 is 2.55 bits per heavy atom. The summed E-state index contributed by atoms with van der Waals surface area (Å²) in [5, 5.41) is 17.7. The molecule has 2 heterocycles. The van der Waals surface area contributed by atoms with Crippen LogP contribution in [0.25, 0.3) is 11.3 Å². The first-order valence-electron chi connectivity index (χ1n) is 11.1. The van der Waals surface area contributed by atoms with Gasteiger partial charge in [0, 0.05) is 35.6 Å². The minimum atomic E-state index is -0.446. The Morgan fingerprint density at radius 2 is 1.79 bits per heavy atom. The molecule has 7 nitrogen and oxygen atoms in total. The molecule has 0 unspecified atom stereocenters. The van der Waals surface area contributed by atoms with Gasteiger partial charge in [-0.3, -0.25) is 19.8 Å². The van der Waals surface area contributed by atoms with Crippen molar-refractivity contribution in [1.29, 1.82) is 0 Å². The van der Waals surface area contributed by atoms with Gasteiger partial charge in [0.2, 0.25) is 0 Å². The molecule has 7 heteroatoms. The van der Waals surface area contributed by atoms with Crippen LogP contribution >= 0.6 is 0 Å². The van der Waals surface area contributed by atoms with E-state index in [1.54, 1.807) is 6.07 Å². The zero-order chi connectivity index (χ0) is 22.8. The van der Waals surface area contributed by atoms with Crippen LogP contribution in [-0.2, 0) is 11.3 Å². The van der Waals surface area contributed by atoms with Gasteiger partial charge in [-0.05, 0) is 55.3 Å². The van der Waals surface area contributed by atoms with Gasteiger partial charge >= 0.3 is 0 Å². The minimum Gasteiger partial charge on any atom is -0.354 e. The number of carbonyl (C=O) groups is 1. The van der Waals surface area contributed by atoms with Crippen LogP contribution < -0.4 is 10.6 Å². The Balaban J connectivity index is 1.58. The van der Waals surface area contributed by atoms with E-state index in [2.05, 4.69) is 27.7 Å². The van der Waals surface area contributed by atoms with Crippen LogP contribution in [0.5, 0.6) is 0 Å². The summed E-state index contributed by atoms with van der Waals surface area (Å²) in [6, 6.07) is 22.2. The smallest absolute Gasteiger partial charge is 0.270 e.